The maximum absolute atomic E-state index is 12.9. The van der Waals surface area contributed by atoms with E-state index in [4.69, 9.17) is 4.74 Å². The molecule has 0 bridgehead atoms. The number of nitrogens with one attached hydrogen (secondary N) is 2. The summed E-state index contributed by atoms with van der Waals surface area (Å²) in [4.78, 5) is 14.9. The quantitative estimate of drug-likeness (QED) is 0.888. The van der Waals surface area contributed by atoms with Crippen LogP contribution in [-0.4, -0.2) is 47.7 Å². The fraction of sp³-hybridized carbons (Fsp3) is 0.412. The molecule has 128 valence electrons. The Morgan fingerprint density at radius 1 is 1.29 bits per heavy atom. The van der Waals surface area contributed by atoms with E-state index in [9.17, 15) is 4.79 Å². The molecule has 1 aromatic heterocycles. The largest absolute Gasteiger partial charge is 0.497 e. The molecule has 2 fully saturated rings. The first-order chi connectivity index (χ1) is 11.3. The molecule has 24 heavy (non-hydrogen) atoms. The average Bonchev–Trinajstić information content (AvgIpc) is 3.30. The highest BCUT2D eigenvalue weighted by molar-refractivity contribution is 5.94. The second-order valence-corrected chi connectivity index (χ2v) is 6.24. The molecule has 0 aliphatic carbocycles. The SMILES string of the molecule is COc1ccc([C@H]2[C@H]3CNC[C@H]3CN2C(=O)c2cn[nH]c2)cc1.Cl. The van der Waals surface area contributed by atoms with Crippen LogP contribution in [0.3, 0.4) is 0 Å². The van der Waals surface area contributed by atoms with Crippen molar-refractivity contribution in [3.05, 3.63) is 47.8 Å². The minimum atomic E-state index is 0. The maximum atomic E-state index is 12.9. The molecule has 0 unspecified atom stereocenters. The Kier molecular flexibility index (Phi) is 4.78. The molecular weight excluding hydrogens is 328 g/mol. The number of fused-ring (bicyclic) bond motifs is 1. The number of likely N-dealkylation sites (tertiary alicyclic amines) is 1. The Morgan fingerprint density at radius 3 is 2.75 bits per heavy atom. The van der Waals surface area contributed by atoms with E-state index in [1.54, 1.807) is 19.5 Å². The summed E-state index contributed by atoms with van der Waals surface area (Å²) in [6.45, 7) is 2.72. The van der Waals surface area contributed by atoms with Gasteiger partial charge in [0.2, 0.25) is 0 Å². The van der Waals surface area contributed by atoms with Gasteiger partial charge in [-0.05, 0) is 23.6 Å². The first-order valence-corrected chi connectivity index (χ1v) is 7.92. The Hall–Kier alpha value is -2.05. The van der Waals surface area contributed by atoms with Gasteiger partial charge in [0.25, 0.3) is 5.91 Å². The lowest BCUT2D eigenvalue weighted by Crippen LogP contribution is -2.34. The van der Waals surface area contributed by atoms with Crippen molar-refractivity contribution in [2.45, 2.75) is 6.04 Å². The second kappa shape index (κ2) is 6.83. The van der Waals surface area contributed by atoms with Gasteiger partial charge in [-0.3, -0.25) is 9.89 Å². The summed E-state index contributed by atoms with van der Waals surface area (Å²) < 4.78 is 5.25. The molecule has 4 rings (SSSR count). The summed E-state index contributed by atoms with van der Waals surface area (Å²) in [5.41, 5.74) is 1.79. The number of nitrogens with zero attached hydrogens (tertiary/aromatic N) is 2. The summed E-state index contributed by atoms with van der Waals surface area (Å²) in [6, 6.07) is 8.17. The van der Waals surface area contributed by atoms with Crippen molar-refractivity contribution in [2.24, 2.45) is 11.8 Å². The van der Waals surface area contributed by atoms with E-state index in [1.807, 2.05) is 17.0 Å². The Morgan fingerprint density at radius 2 is 2.08 bits per heavy atom. The van der Waals surface area contributed by atoms with Gasteiger partial charge in [-0.1, -0.05) is 12.1 Å². The van der Waals surface area contributed by atoms with E-state index in [0.717, 1.165) is 25.4 Å². The van der Waals surface area contributed by atoms with Crippen LogP contribution in [0.15, 0.2) is 36.7 Å². The zero-order valence-corrected chi connectivity index (χ0v) is 14.3. The average molecular weight is 349 g/mol. The van der Waals surface area contributed by atoms with Gasteiger partial charge in [-0.25, -0.2) is 0 Å². The van der Waals surface area contributed by atoms with Crippen molar-refractivity contribution in [2.75, 3.05) is 26.7 Å². The number of carbonyl (C=O) groups excluding carboxylic acids is 1. The van der Waals surface area contributed by atoms with E-state index < -0.39 is 0 Å². The predicted molar refractivity (Wildman–Crippen MR) is 92.5 cm³/mol. The molecule has 2 aliphatic rings. The maximum Gasteiger partial charge on any atom is 0.257 e. The van der Waals surface area contributed by atoms with Crippen LogP contribution in [0.25, 0.3) is 0 Å². The van der Waals surface area contributed by atoms with E-state index in [-0.39, 0.29) is 24.4 Å². The molecule has 0 radical (unpaired) electrons. The smallest absolute Gasteiger partial charge is 0.257 e. The van der Waals surface area contributed by atoms with Gasteiger partial charge in [0.1, 0.15) is 5.75 Å². The molecule has 1 amide bonds. The number of aromatic nitrogens is 2. The van der Waals surface area contributed by atoms with Crippen LogP contribution in [-0.2, 0) is 0 Å². The Bertz CT molecular complexity index is 689. The molecule has 3 heterocycles. The standard InChI is InChI=1S/C17H20N4O2.ClH/c1-23-14-4-2-11(3-5-14)16-15-9-18-6-13(15)10-21(16)17(22)12-7-19-20-8-12;/h2-5,7-8,13,15-16,18H,6,9-10H2,1H3,(H,19,20);1H/t13-,15-,16-;/m0./s1. The fourth-order valence-corrected chi connectivity index (χ4v) is 3.89. The highest BCUT2D eigenvalue weighted by atomic mass is 35.5. The normalized spacial score (nSPS) is 25.2. The zero-order valence-electron chi connectivity index (χ0n) is 13.4. The summed E-state index contributed by atoms with van der Waals surface area (Å²) in [7, 11) is 1.66. The number of carbonyl (C=O) groups is 1. The Balaban J connectivity index is 0.00000169. The number of hydrogen-bond donors (Lipinski definition) is 2. The monoisotopic (exact) mass is 348 g/mol. The minimum absolute atomic E-state index is 0. The van der Waals surface area contributed by atoms with Gasteiger partial charge >= 0.3 is 0 Å². The van der Waals surface area contributed by atoms with Gasteiger partial charge in [0.15, 0.2) is 0 Å². The van der Waals surface area contributed by atoms with Crippen LogP contribution >= 0.6 is 12.4 Å². The number of H-pyrrole nitrogens is 1. The van der Waals surface area contributed by atoms with Gasteiger partial charge < -0.3 is 15.0 Å². The summed E-state index contributed by atoms with van der Waals surface area (Å²) >= 11 is 0. The van der Waals surface area contributed by atoms with Crippen LogP contribution in [0.2, 0.25) is 0 Å². The number of ether oxygens (including phenoxy) is 1. The number of aromatic amines is 1. The van der Waals surface area contributed by atoms with E-state index in [0.29, 0.717) is 17.4 Å². The number of benzene rings is 1. The third-order valence-electron chi connectivity index (χ3n) is 5.03. The molecular formula is C17H21ClN4O2. The lowest BCUT2D eigenvalue weighted by atomic mass is 9.89. The minimum Gasteiger partial charge on any atom is -0.497 e. The lowest BCUT2D eigenvalue weighted by molar-refractivity contribution is 0.0714. The molecule has 2 saturated heterocycles. The summed E-state index contributed by atoms with van der Waals surface area (Å²) in [5.74, 6) is 1.85. The first-order valence-electron chi connectivity index (χ1n) is 7.92. The van der Waals surface area contributed by atoms with Crippen molar-refractivity contribution in [3.8, 4) is 5.75 Å². The fourth-order valence-electron chi connectivity index (χ4n) is 3.89. The number of hydrogen-bond acceptors (Lipinski definition) is 4. The van der Waals surface area contributed by atoms with E-state index in [2.05, 4.69) is 27.6 Å². The summed E-state index contributed by atoms with van der Waals surface area (Å²) in [5, 5.41) is 10.1. The zero-order chi connectivity index (χ0) is 15.8. The van der Waals surface area contributed by atoms with Crippen molar-refractivity contribution in [3.63, 3.8) is 0 Å². The van der Waals surface area contributed by atoms with Crippen molar-refractivity contribution < 1.29 is 9.53 Å². The van der Waals surface area contributed by atoms with Gasteiger partial charge in [0, 0.05) is 31.7 Å². The van der Waals surface area contributed by atoms with Gasteiger partial charge in [-0.15, -0.1) is 12.4 Å². The molecule has 0 spiro atoms. The summed E-state index contributed by atoms with van der Waals surface area (Å²) in [6.07, 6.45) is 3.26. The number of rotatable bonds is 3. The lowest BCUT2D eigenvalue weighted by Gasteiger charge is -2.28. The Labute approximate surface area is 147 Å². The molecule has 0 saturated carbocycles. The topological polar surface area (TPSA) is 70.2 Å². The van der Waals surface area contributed by atoms with E-state index in [1.165, 1.54) is 5.56 Å². The number of amides is 1. The van der Waals surface area contributed by atoms with E-state index >= 15 is 0 Å². The first kappa shape index (κ1) is 16.8. The highest BCUT2D eigenvalue weighted by Crippen LogP contribution is 2.43. The van der Waals surface area contributed by atoms with Crippen LogP contribution in [0.1, 0.15) is 22.0 Å². The van der Waals surface area contributed by atoms with Crippen LogP contribution in [0, 0.1) is 11.8 Å². The second-order valence-electron chi connectivity index (χ2n) is 6.24. The van der Waals surface area contributed by atoms with Crippen LogP contribution < -0.4 is 10.1 Å². The van der Waals surface area contributed by atoms with Crippen LogP contribution in [0.4, 0.5) is 0 Å². The molecule has 7 heteroatoms. The van der Waals surface area contributed by atoms with Gasteiger partial charge in [-0.2, -0.15) is 5.10 Å². The molecule has 6 nitrogen and oxygen atoms in total. The molecule has 1 aromatic carbocycles. The highest BCUT2D eigenvalue weighted by Gasteiger charge is 2.46. The third-order valence-corrected chi connectivity index (χ3v) is 5.03. The van der Waals surface area contributed by atoms with Gasteiger partial charge in [0.05, 0.1) is 24.9 Å². The van der Waals surface area contributed by atoms with Crippen molar-refractivity contribution >= 4 is 18.3 Å². The molecule has 2 aromatic rings. The molecule has 2 aliphatic heterocycles. The third kappa shape index (κ3) is 2.76. The molecule has 3 atom stereocenters. The number of methoxy groups -OCH3 is 1. The van der Waals surface area contributed by atoms with Crippen molar-refractivity contribution in [1.29, 1.82) is 0 Å². The predicted octanol–water partition coefficient (Wildman–Crippen LogP) is 1.87. The number of halogens is 1. The van der Waals surface area contributed by atoms with Crippen molar-refractivity contribution in [1.82, 2.24) is 20.4 Å². The molecule has 2 N–H and O–H groups in total. The van der Waals surface area contributed by atoms with Crippen LogP contribution in [0.5, 0.6) is 5.75 Å².